The summed E-state index contributed by atoms with van der Waals surface area (Å²) in [6.45, 7) is 3.35. The number of aryl methyl sites for hydroxylation is 1. The zero-order chi connectivity index (χ0) is 23.0. The van der Waals surface area contributed by atoms with Crippen molar-refractivity contribution in [1.82, 2.24) is 4.90 Å². The fourth-order valence-corrected chi connectivity index (χ4v) is 5.09. The van der Waals surface area contributed by atoms with Crippen LogP contribution in [-0.2, 0) is 6.54 Å². The van der Waals surface area contributed by atoms with Crippen LogP contribution in [-0.4, -0.2) is 17.5 Å². The molecule has 4 rings (SSSR count). The third-order valence-electron chi connectivity index (χ3n) is 5.78. The second kappa shape index (κ2) is 11.3. The summed E-state index contributed by atoms with van der Waals surface area (Å²) >= 11 is 5.15. The Morgan fingerprint density at radius 2 is 1.52 bits per heavy atom. The van der Waals surface area contributed by atoms with Gasteiger partial charge in [0.1, 0.15) is 0 Å². The summed E-state index contributed by atoms with van der Waals surface area (Å²) < 4.78 is 0.986. The van der Waals surface area contributed by atoms with Crippen molar-refractivity contribution in [1.29, 1.82) is 0 Å². The summed E-state index contributed by atoms with van der Waals surface area (Å²) in [5.74, 6) is 0.222. The van der Waals surface area contributed by atoms with Crippen LogP contribution in [0.15, 0.2) is 101 Å². The number of urea groups is 1. The van der Waals surface area contributed by atoms with E-state index in [4.69, 9.17) is 0 Å². The molecule has 168 valence electrons. The summed E-state index contributed by atoms with van der Waals surface area (Å²) in [6, 6.07) is 30.8. The van der Waals surface area contributed by atoms with E-state index in [-0.39, 0.29) is 11.9 Å². The van der Waals surface area contributed by atoms with Gasteiger partial charge < -0.3 is 10.2 Å². The number of carbonyl (C=O) groups excluding carboxylic acids is 1. The molecule has 0 saturated heterocycles. The van der Waals surface area contributed by atoms with Crippen molar-refractivity contribution >= 4 is 39.0 Å². The number of hydrogen-bond donors (Lipinski definition) is 1. The molecular weight excluding hydrogens is 492 g/mol. The molecule has 1 heterocycles. The van der Waals surface area contributed by atoms with Gasteiger partial charge in [-0.1, -0.05) is 76.6 Å². The smallest absolute Gasteiger partial charge is 0.319 e. The van der Waals surface area contributed by atoms with E-state index in [9.17, 15) is 4.79 Å². The van der Waals surface area contributed by atoms with Crippen LogP contribution in [0, 0.1) is 6.92 Å². The van der Waals surface area contributed by atoms with Crippen molar-refractivity contribution in [2.45, 2.75) is 25.8 Å². The lowest BCUT2D eigenvalue weighted by atomic mass is 9.88. The largest absolute Gasteiger partial charge is 0.322 e. The number of halogens is 1. The Labute approximate surface area is 208 Å². The maximum atomic E-state index is 13.3. The van der Waals surface area contributed by atoms with Crippen LogP contribution in [0.5, 0.6) is 0 Å². The van der Waals surface area contributed by atoms with Gasteiger partial charge in [0.15, 0.2) is 0 Å². The molecule has 3 nitrogen and oxygen atoms in total. The molecule has 3 aromatic carbocycles. The SMILES string of the molecule is Cc1ccsc1CN(CCC(c1ccccc1)c1ccccc1)C(=O)Nc1ccc(Br)cc1. The molecular formula is C28H27BrN2OS. The highest BCUT2D eigenvalue weighted by Crippen LogP contribution is 2.29. The Balaban J connectivity index is 1.55. The lowest BCUT2D eigenvalue weighted by Crippen LogP contribution is -2.36. The number of benzene rings is 3. The highest BCUT2D eigenvalue weighted by atomic mass is 79.9. The van der Waals surface area contributed by atoms with E-state index >= 15 is 0 Å². The van der Waals surface area contributed by atoms with Crippen molar-refractivity contribution < 1.29 is 4.79 Å². The first-order chi connectivity index (χ1) is 16.1. The number of nitrogens with one attached hydrogen (secondary N) is 1. The minimum absolute atomic E-state index is 0.0787. The Bertz CT molecular complexity index is 1120. The first kappa shape index (κ1) is 23.3. The molecule has 4 aromatic rings. The third kappa shape index (κ3) is 6.34. The molecule has 33 heavy (non-hydrogen) atoms. The molecule has 5 heteroatoms. The monoisotopic (exact) mass is 518 g/mol. The van der Waals surface area contributed by atoms with Crippen molar-refractivity contribution in [3.05, 3.63) is 122 Å². The van der Waals surface area contributed by atoms with Gasteiger partial charge in [0, 0.05) is 27.5 Å². The molecule has 0 aliphatic carbocycles. The Morgan fingerprint density at radius 1 is 0.909 bits per heavy atom. The van der Waals surface area contributed by atoms with Gasteiger partial charge in [-0.15, -0.1) is 11.3 Å². The number of hydrogen-bond acceptors (Lipinski definition) is 2. The number of thiophene rings is 1. The zero-order valence-corrected chi connectivity index (χ0v) is 21.0. The third-order valence-corrected chi connectivity index (χ3v) is 7.31. The van der Waals surface area contributed by atoms with Crippen molar-refractivity contribution in [3.63, 3.8) is 0 Å². The molecule has 1 aromatic heterocycles. The summed E-state index contributed by atoms with van der Waals surface area (Å²) in [5.41, 5.74) is 4.55. The Hall–Kier alpha value is -2.89. The Kier molecular flexibility index (Phi) is 7.97. The first-order valence-corrected chi connectivity index (χ1v) is 12.7. The lowest BCUT2D eigenvalue weighted by molar-refractivity contribution is 0.208. The molecule has 1 N–H and O–H groups in total. The summed E-state index contributed by atoms with van der Waals surface area (Å²) in [6.07, 6.45) is 0.839. The van der Waals surface area contributed by atoms with Crippen molar-refractivity contribution in [2.24, 2.45) is 0 Å². The molecule has 0 saturated carbocycles. The average molecular weight is 520 g/mol. The van der Waals surface area contributed by atoms with Gasteiger partial charge >= 0.3 is 6.03 Å². The molecule has 0 bridgehead atoms. The van der Waals surface area contributed by atoms with Crippen molar-refractivity contribution in [2.75, 3.05) is 11.9 Å². The van der Waals surface area contributed by atoms with E-state index in [1.165, 1.54) is 21.6 Å². The zero-order valence-electron chi connectivity index (χ0n) is 18.6. The molecule has 0 radical (unpaired) electrons. The van der Waals surface area contributed by atoms with E-state index in [0.29, 0.717) is 13.1 Å². The van der Waals surface area contributed by atoms with Gasteiger partial charge in [0.2, 0.25) is 0 Å². The highest BCUT2D eigenvalue weighted by molar-refractivity contribution is 9.10. The molecule has 0 atom stereocenters. The summed E-state index contributed by atoms with van der Waals surface area (Å²) in [5, 5.41) is 5.16. The number of rotatable bonds is 8. The van der Waals surface area contributed by atoms with Crippen LogP contribution in [0.25, 0.3) is 0 Å². The summed E-state index contributed by atoms with van der Waals surface area (Å²) in [7, 11) is 0. The van der Waals surface area contributed by atoms with Crippen LogP contribution < -0.4 is 5.32 Å². The molecule has 0 unspecified atom stereocenters. The molecule has 2 amide bonds. The van der Waals surface area contributed by atoms with Crippen LogP contribution in [0.3, 0.4) is 0 Å². The van der Waals surface area contributed by atoms with Gasteiger partial charge in [0.25, 0.3) is 0 Å². The predicted molar refractivity (Wildman–Crippen MR) is 142 cm³/mol. The van der Waals surface area contributed by atoms with Gasteiger partial charge in [-0.05, 0) is 65.7 Å². The normalized spacial score (nSPS) is 10.9. The second-order valence-electron chi connectivity index (χ2n) is 8.05. The highest BCUT2D eigenvalue weighted by Gasteiger charge is 2.20. The minimum Gasteiger partial charge on any atom is -0.319 e. The maximum absolute atomic E-state index is 13.3. The van der Waals surface area contributed by atoms with E-state index in [1.807, 2.05) is 41.3 Å². The number of nitrogens with zero attached hydrogens (tertiary/aromatic N) is 1. The maximum Gasteiger partial charge on any atom is 0.322 e. The first-order valence-electron chi connectivity index (χ1n) is 11.0. The van der Waals surface area contributed by atoms with Gasteiger partial charge in [-0.3, -0.25) is 0 Å². The van der Waals surface area contributed by atoms with Gasteiger partial charge in [-0.25, -0.2) is 4.79 Å². The van der Waals surface area contributed by atoms with Crippen molar-refractivity contribution in [3.8, 4) is 0 Å². The number of amides is 2. The fourth-order valence-electron chi connectivity index (χ4n) is 3.91. The minimum atomic E-state index is -0.0787. The van der Waals surface area contributed by atoms with E-state index < -0.39 is 0 Å². The standard InChI is InChI=1S/C28H27BrN2OS/c1-21-17-19-33-27(21)20-31(28(32)30-25-14-12-24(29)13-15-25)18-16-26(22-8-4-2-5-9-22)23-10-6-3-7-11-23/h2-15,17,19,26H,16,18,20H2,1H3,(H,30,32). The van der Waals surface area contributed by atoms with E-state index in [0.717, 1.165) is 16.6 Å². The van der Waals surface area contributed by atoms with E-state index in [1.54, 1.807) is 11.3 Å². The van der Waals surface area contributed by atoms with E-state index in [2.05, 4.69) is 88.1 Å². The molecule has 0 fully saturated rings. The number of carbonyl (C=O) groups is 1. The van der Waals surface area contributed by atoms with Crippen LogP contribution in [0.4, 0.5) is 10.5 Å². The van der Waals surface area contributed by atoms with Gasteiger partial charge in [0.05, 0.1) is 6.54 Å². The lowest BCUT2D eigenvalue weighted by Gasteiger charge is -2.26. The van der Waals surface area contributed by atoms with Crippen LogP contribution >= 0.6 is 27.3 Å². The topological polar surface area (TPSA) is 32.3 Å². The van der Waals surface area contributed by atoms with Crippen LogP contribution in [0.1, 0.15) is 33.9 Å². The summed E-state index contributed by atoms with van der Waals surface area (Å²) in [4.78, 5) is 16.5. The van der Waals surface area contributed by atoms with Crippen LogP contribution in [0.2, 0.25) is 0 Å². The fraction of sp³-hybridized carbons (Fsp3) is 0.179. The average Bonchev–Trinajstić information content (AvgIpc) is 3.25. The number of anilines is 1. The second-order valence-corrected chi connectivity index (χ2v) is 9.96. The van der Waals surface area contributed by atoms with Gasteiger partial charge in [-0.2, -0.15) is 0 Å². The molecule has 0 aliphatic rings. The quantitative estimate of drug-likeness (QED) is 0.251. The Morgan fingerprint density at radius 3 is 2.06 bits per heavy atom. The molecule has 0 spiro atoms. The molecule has 0 aliphatic heterocycles. The predicted octanol–water partition coefficient (Wildman–Crippen LogP) is 8.08.